The van der Waals surface area contributed by atoms with Crippen LogP contribution in [0, 0.1) is 6.92 Å². The zero-order chi connectivity index (χ0) is 13.9. The second kappa shape index (κ2) is 6.52. The summed E-state index contributed by atoms with van der Waals surface area (Å²) in [6, 6.07) is 0.783. The maximum Gasteiger partial charge on any atom is 0.0944 e. The molecule has 0 unspecified atom stereocenters. The number of hydrogen-bond donors (Lipinski definition) is 1. The molecule has 20 heavy (non-hydrogen) atoms. The minimum Gasteiger partial charge on any atom is -0.309 e. The first-order chi connectivity index (χ1) is 9.70. The Morgan fingerprint density at radius 2 is 2.00 bits per heavy atom. The molecule has 2 heterocycles. The van der Waals surface area contributed by atoms with Crippen LogP contribution in [0.4, 0.5) is 0 Å². The maximum atomic E-state index is 4.75. The summed E-state index contributed by atoms with van der Waals surface area (Å²) in [5, 5.41) is 4.91. The Hall–Kier alpha value is -0.490. The van der Waals surface area contributed by atoms with Gasteiger partial charge in [0, 0.05) is 56.6 Å². The second-order valence-corrected chi connectivity index (χ2v) is 7.33. The van der Waals surface area contributed by atoms with Crippen molar-refractivity contribution in [3.8, 4) is 0 Å². The summed E-state index contributed by atoms with van der Waals surface area (Å²) in [5.41, 5.74) is 1.23. The summed E-state index contributed by atoms with van der Waals surface area (Å²) < 4.78 is 0. The van der Waals surface area contributed by atoms with E-state index in [1.165, 1.54) is 54.6 Å². The average molecular weight is 294 g/mol. The lowest BCUT2D eigenvalue weighted by Gasteiger charge is -2.32. The number of piperazine rings is 1. The molecule has 4 nitrogen and oxygen atoms in total. The van der Waals surface area contributed by atoms with Gasteiger partial charge in [-0.3, -0.25) is 0 Å². The standard InChI is InChI=1S/C15H26N4S/c1-12-14(11-16-13-3-4-13)20-15(17-12)5-6-19-9-7-18(2)8-10-19/h13,16H,3-11H2,1-2H3. The van der Waals surface area contributed by atoms with E-state index in [2.05, 4.69) is 29.1 Å². The van der Waals surface area contributed by atoms with Crippen LogP contribution in [0.5, 0.6) is 0 Å². The van der Waals surface area contributed by atoms with Crippen LogP contribution in [0.2, 0.25) is 0 Å². The molecule has 1 saturated heterocycles. The maximum absolute atomic E-state index is 4.75. The van der Waals surface area contributed by atoms with E-state index in [0.29, 0.717) is 0 Å². The third-order valence-electron chi connectivity index (χ3n) is 4.30. The first-order valence-electron chi connectivity index (χ1n) is 7.80. The predicted molar refractivity (Wildman–Crippen MR) is 84.4 cm³/mol. The van der Waals surface area contributed by atoms with Crippen molar-refractivity contribution >= 4 is 11.3 Å². The molecule has 0 bridgehead atoms. The highest BCUT2D eigenvalue weighted by molar-refractivity contribution is 7.11. The van der Waals surface area contributed by atoms with Crippen molar-refractivity contribution < 1.29 is 0 Å². The molecule has 0 atom stereocenters. The van der Waals surface area contributed by atoms with Crippen LogP contribution in [0.1, 0.15) is 28.4 Å². The number of aryl methyl sites for hydroxylation is 1. The first-order valence-corrected chi connectivity index (χ1v) is 8.62. The van der Waals surface area contributed by atoms with Crippen LogP contribution in [0.3, 0.4) is 0 Å². The van der Waals surface area contributed by atoms with Crippen molar-refractivity contribution in [2.75, 3.05) is 39.8 Å². The molecule has 1 aliphatic carbocycles. The highest BCUT2D eigenvalue weighted by atomic mass is 32.1. The summed E-state index contributed by atoms with van der Waals surface area (Å²) in [6.45, 7) is 9.15. The first kappa shape index (κ1) is 14.4. The number of likely N-dealkylation sites (N-methyl/N-ethyl adjacent to an activating group) is 1. The molecule has 0 spiro atoms. The van der Waals surface area contributed by atoms with E-state index in [-0.39, 0.29) is 0 Å². The Balaban J connectivity index is 1.46. The molecular weight excluding hydrogens is 268 g/mol. The summed E-state index contributed by atoms with van der Waals surface area (Å²) in [6.07, 6.45) is 3.82. The quantitative estimate of drug-likeness (QED) is 0.861. The number of rotatable bonds is 6. The Labute approximate surface area is 126 Å². The van der Waals surface area contributed by atoms with Gasteiger partial charge in [-0.15, -0.1) is 11.3 Å². The fourth-order valence-corrected chi connectivity index (χ4v) is 3.62. The zero-order valence-corrected chi connectivity index (χ0v) is 13.5. The van der Waals surface area contributed by atoms with Gasteiger partial charge in [0.25, 0.3) is 0 Å². The van der Waals surface area contributed by atoms with Crippen LogP contribution in [0.25, 0.3) is 0 Å². The lowest BCUT2D eigenvalue weighted by Crippen LogP contribution is -2.45. The average Bonchev–Trinajstić information content (AvgIpc) is 3.20. The van der Waals surface area contributed by atoms with Crippen molar-refractivity contribution in [2.45, 2.75) is 38.8 Å². The molecule has 1 aliphatic heterocycles. The number of hydrogen-bond acceptors (Lipinski definition) is 5. The van der Waals surface area contributed by atoms with Gasteiger partial charge in [0.05, 0.1) is 10.7 Å². The number of aromatic nitrogens is 1. The van der Waals surface area contributed by atoms with Gasteiger partial charge in [-0.1, -0.05) is 0 Å². The van der Waals surface area contributed by atoms with Crippen LogP contribution in [-0.2, 0) is 13.0 Å². The topological polar surface area (TPSA) is 31.4 Å². The van der Waals surface area contributed by atoms with E-state index in [1.807, 2.05) is 11.3 Å². The Bertz CT molecular complexity index is 433. The van der Waals surface area contributed by atoms with Crippen LogP contribution < -0.4 is 5.32 Å². The van der Waals surface area contributed by atoms with Crippen LogP contribution in [0.15, 0.2) is 0 Å². The van der Waals surface area contributed by atoms with E-state index in [0.717, 1.165) is 25.6 Å². The van der Waals surface area contributed by atoms with Gasteiger partial charge in [0.2, 0.25) is 0 Å². The third-order valence-corrected chi connectivity index (χ3v) is 5.52. The van der Waals surface area contributed by atoms with Crippen molar-refractivity contribution in [2.24, 2.45) is 0 Å². The van der Waals surface area contributed by atoms with E-state index < -0.39 is 0 Å². The molecule has 0 aromatic carbocycles. The SMILES string of the molecule is Cc1nc(CCN2CCN(C)CC2)sc1CNC1CC1. The fourth-order valence-electron chi connectivity index (χ4n) is 2.61. The van der Waals surface area contributed by atoms with E-state index in [1.54, 1.807) is 0 Å². The normalized spacial score (nSPS) is 21.5. The highest BCUT2D eigenvalue weighted by Gasteiger charge is 2.21. The number of nitrogens with one attached hydrogen (secondary N) is 1. The summed E-state index contributed by atoms with van der Waals surface area (Å²) in [4.78, 5) is 11.2. The summed E-state index contributed by atoms with van der Waals surface area (Å²) in [7, 11) is 2.21. The lowest BCUT2D eigenvalue weighted by molar-refractivity contribution is 0.155. The van der Waals surface area contributed by atoms with Gasteiger partial charge in [0.1, 0.15) is 0 Å². The number of thiazole rings is 1. The Morgan fingerprint density at radius 3 is 2.70 bits per heavy atom. The summed E-state index contributed by atoms with van der Waals surface area (Å²) in [5.74, 6) is 0. The number of nitrogens with zero attached hydrogens (tertiary/aromatic N) is 3. The van der Waals surface area contributed by atoms with Crippen molar-refractivity contribution in [1.82, 2.24) is 20.1 Å². The molecule has 112 valence electrons. The van der Waals surface area contributed by atoms with Gasteiger partial charge in [0.15, 0.2) is 0 Å². The Kier molecular flexibility index (Phi) is 4.71. The van der Waals surface area contributed by atoms with Gasteiger partial charge in [-0.2, -0.15) is 0 Å². The molecule has 3 rings (SSSR count). The van der Waals surface area contributed by atoms with E-state index >= 15 is 0 Å². The van der Waals surface area contributed by atoms with E-state index in [9.17, 15) is 0 Å². The van der Waals surface area contributed by atoms with Gasteiger partial charge in [-0.05, 0) is 26.8 Å². The second-order valence-electron chi connectivity index (χ2n) is 6.17. The molecule has 5 heteroatoms. The van der Waals surface area contributed by atoms with Crippen LogP contribution >= 0.6 is 11.3 Å². The molecule has 0 amide bonds. The fraction of sp³-hybridized carbons (Fsp3) is 0.800. The van der Waals surface area contributed by atoms with Gasteiger partial charge < -0.3 is 15.1 Å². The monoisotopic (exact) mass is 294 g/mol. The van der Waals surface area contributed by atoms with Crippen molar-refractivity contribution in [1.29, 1.82) is 0 Å². The molecule has 1 saturated carbocycles. The summed E-state index contributed by atoms with van der Waals surface area (Å²) >= 11 is 1.91. The lowest BCUT2D eigenvalue weighted by atomic mass is 10.3. The predicted octanol–water partition coefficient (Wildman–Crippen LogP) is 1.49. The molecule has 2 fully saturated rings. The third kappa shape index (κ3) is 4.01. The molecule has 1 N–H and O–H groups in total. The Morgan fingerprint density at radius 1 is 1.25 bits per heavy atom. The van der Waals surface area contributed by atoms with Crippen molar-refractivity contribution in [3.05, 3.63) is 15.6 Å². The highest BCUT2D eigenvalue weighted by Crippen LogP contribution is 2.23. The van der Waals surface area contributed by atoms with Crippen LogP contribution in [-0.4, -0.2) is 60.6 Å². The van der Waals surface area contributed by atoms with E-state index in [4.69, 9.17) is 4.98 Å². The minimum absolute atomic E-state index is 0.783. The zero-order valence-electron chi connectivity index (χ0n) is 12.7. The molecular formula is C15H26N4S. The molecule has 2 aliphatic rings. The molecule has 0 radical (unpaired) electrons. The largest absolute Gasteiger partial charge is 0.309 e. The molecule has 1 aromatic heterocycles. The van der Waals surface area contributed by atoms with Gasteiger partial charge in [-0.25, -0.2) is 4.98 Å². The minimum atomic E-state index is 0.783. The van der Waals surface area contributed by atoms with Crippen molar-refractivity contribution in [3.63, 3.8) is 0 Å². The smallest absolute Gasteiger partial charge is 0.0944 e. The molecule has 1 aromatic rings. The van der Waals surface area contributed by atoms with Gasteiger partial charge >= 0.3 is 0 Å².